The number of nitrogens with zero attached hydrogens (tertiary/aromatic N) is 3. The quantitative estimate of drug-likeness (QED) is 0.650. The van der Waals surface area contributed by atoms with E-state index in [1.165, 1.54) is 0 Å². The van der Waals surface area contributed by atoms with Gasteiger partial charge in [-0.2, -0.15) is 4.98 Å². The smallest absolute Gasteiger partial charge is 0.290 e. The molecule has 14 heavy (non-hydrogen) atoms. The molecule has 0 spiro atoms. The Balaban J connectivity index is 2.04. The number of aromatic nitrogens is 2. The Morgan fingerprint density at radius 3 is 2.79 bits per heavy atom. The Kier molecular flexibility index (Phi) is 2.58. The van der Waals surface area contributed by atoms with Crippen LogP contribution in [0.1, 0.15) is 35.3 Å². The van der Waals surface area contributed by atoms with Gasteiger partial charge in [-0.05, 0) is 33.0 Å². The molecule has 1 aliphatic rings. The van der Waals surface area contributed by atoms with Gasteiger partial charge in [0.1, 0.15) is 0 Å². The summed E-state index contributed by atoms with van der Waals surface area (Å²) < 4.78 is 4.75. The molecule has 0 atom stereocenters. The molecule has 2 rings (SSSR count). The molecule has 0 N–H and O–H groups in total. The molecule has 0 saturated carbocycles. The lowest BCUT2D eigenvalue weighted by molar-refractivity contribution is 0.108. The van der Waals surface area contributed by atoms with Crippen molar-refractivity contribution in [2.24, 2.45) is 0 Å². The van der Waals surface area contributed by atoms with Crippen molar-refractivity contribution in [2.75, 3.05) is 20.1 Å². The highest BCUT2D eigenvalue weighted by Crippen LogP contribution is 2.24. The van der Waals surface area contributed by atoms with Gasteiger partial charge < -0.3 is 9.42 Å². The number of aldehydes is 1. The van der Waals surface area contributed by atoms with Crippen molar-refractivity contribution in [1.82, 2.24) is 15.0 Å². The van der Waals surface area contributed by atoms with Gasteiger partial charge in [-0.15, -0.1) is 0 Å². The maximum atomic E-state index is 10.4. The van der Waals surface area contributed by atoms with Crippen molar-refractivity contribution in [2.45, 2.75) is 18.8 Å². The van der Waals surface area contributed by atoms with E-state index < -0.39 is 0 Å². The summed E-state index contributed by atoms with van der Waals surface area (Å²) in [6.07, 6.45) is 2.66. The van der Waals surface area contributed by atoms with Gasteiger partial charge in [0, 0.05) is 5.92 Å². The molecule has 1 aliphatic heterocycles. The molecule has 2 heterocycles. The van der Waals surface area contributed by atoms with Crippen LogP contribution in [0.4, 0.5) is 0 Å². The highest BCUT2D eigenvalue weighted by Gasteiger charge is 2.22. The fourth-order valence-electron chi connectivity index (χ4n) is 1.73. The Labute approximate surface area is 82.1 Å². The highest BCUT2D eigenvalue weighted by atomic mass is 16.5. The number of carbonyl (C=O) groups excluding carboxylic acids is 1. The summed E-state index contributed by atoms with van der Waals surface area (Å²) in [5.41, 5.74) is 0. The number of hydrogen-bond donors (Lipinski definition) is 0. The molecule has 0 aromatic carbocycles. The monoisotopic (exact) mass is 195 g/mol. The van der Waals surface area contributed by atoms with Gasteiger partial charge >= 0.3 is 0 Å². The van der Waals surface area contributed by atoms with Crippen LogP contribution in [0.3, 0.4) is 0 Å². The number of carbonyl (C=O) groups is 1. The SMILES string of the molecule is CN1CCC(c2noc(C=O)n2)CC1. The molecule has 0 radical (unpaired) electrons. The summed E-state index contributed by atoms with van der Waals surface area (Å²) in [7, 11) is 2.10. The van der Waals surface area contributed by atoms with Gasteiger partial charge in [-0.1, -0.05) is 5.16 Å². The molecular formula is C9H13N3O2. The third-order valence-electron chi connectivity index (χ3n) is 2.64. The zero-order valence-corrected chi connectivity index (χ0v) is 8.14. The Morgan fingerprint density at radius 1 is 1.50 bits per heavy atom. The first-order valence-electron chi connectivity index (χ1n) is 4.77. The first-order chi connectivity index (χ1) is 6.79. The third-order valence-corrected chi connectivity index (χ3v) is 2.64. The first-order valence-corrected chi connectivity index (χ1v) is 4.77. The molecule has 1 fully saturated rings. The van der Waals surface area contributed by atoms with Crippen molar-refractivity contribution >= 4 is 6.29 Å². The number of rotatable bonds is 2. The van der Waals surface area contributed by atoms with Crippen molar-refractivity contribution < 1.29 is 9.32 Å². The second-order valence-corrected chi connectivity index (χ2v) is 3.69. The van der Waals surface area contributed by atoms with E-state index in [2.05, 4.69) is 22.1 Å². The summed E-state index contributed by atoms with van der Waals surface area (Å²) in [6, 6.07) is 0. The number of likely N-dealkylation sites (tertiary alicyclic amines) is 1. The predicted octanol–water partition coefficient (Wildman–Crippen LogP) is 0.691. The predicted molar refractivity (Wildman–Crippen MR) is 49.2 cm³/mol. The minimum Gasteiger partial charge on any atom is -0.331 e. The van der Waals surface area contributed by atoms with Crippen LogP contribution in [0.15, 0.2) is 4.52 Å². The van der Waals surface area contributed by atoms with Crippen LogP contribution in [-0.4, -0.2) is 41.5 Å². The highest BCUT2D eigenvalue weighted by molar-refractivity contribution is 5.66. The lowest BCUT2D eigenvalue weighted by atomic mass is 9.97. The van der Waals surface area contributed by atoms with E-state index >= 15 is 0 Å². The van der Waals surface area contributed by atoms with Crippen LogP contribution >= 0.6 is 0 Å². The number of hydrogen-bond acceptors (Lipinski definition) is 5. The van der Waals surface area contributed by atoms with Crippen LogP contribution < -0.4 is 0 Å². The minimum absolute atomic E-state index is 0.0823. The van der Waals surface area contributed by atoms with Crippen molar-refractivity contribution in [3.8, 4) is 0 Å². The summed E-state index contributed by atoms with van der Waals surface area (Å²) in [5, 5.41) is 3.80. The zero-order chi connectivity index (χ0) is 9.97. The third kappa shape index (κ3) is 1.82. The minimum atomic E-state index is 0.0823. The summed E-state index contributed by atoms with van der Waals surface area (Å²) >= 11 is 0. The standard InChI is InChI=1S/C9H13N3O2/c1-12-4-2-7(3-5-12)9-10-8(6-13)14-11-9/h6-7H,2-5H2,1H3. The van der Waals surface area contributed by atoms with Crippen molar-refractivity contribution in [1.29, 1.82) is 0 Å². The van der Waals surface area contributed by atoms with Gasteiger partial charge in [0.15, 0.2) is 5.82 Å². The molecule has 5 heteroatoms. The topological polar surface area (TPSA) is 59.2 Å². The fourth-order valence-corrected chi connectivity index (χ4v) is 1.73. The molecule has 0 aliphatic carbocycles. The molecule has 1 aromatic rings. The largest absolute Gasteiger partial charge is 0.331 e. The van der Waals surface area contributed by atoms with Crippen molar-refractivity contribution in [3.63, 3.8) is 0 Å². The van der Waals surface area contributed by atoms with Crippen molar-refractivity contribution in [3.05, 3.63) is 11.7 Å². The Hall–Kier alpha value is -1.23. The van der Waals surface area contributed by atoms with Crippen LogP contribution in [0.2, 0.25) is 0 Å². The van der Waals surface area contributed by atoms with E-state index in [-0.39, 0.29) is 5.89 Å². The summed E-state index contributed by atoms with van der Waals surface area (Å²) in [6.45, 7) is 2.10. The van der Waals surface area contributed by atoms with E-state index in [0.717, 1.165) is 25.9 Å². The summed E-state index contributed by atoms with van der Waals surface area (Å²) in [5.74, 6) is 1.11. The van der Waals surface area contributed by atoms with Crippen LogP contribution in [0.5, 0.6) is 0 Å². The van der Waals surface area contributed by atoms with Crippen LogP contribution in [-0.2, 0) is 0 Å². The maximum absolute atomic E-state index is 10.4. The van der Waals surface area contributed by atoms with E-state index in [9.17, 15) is 4.79 Å². The van der Waals surface area contributed by atoms with Gasteiger partial charge in [0.25, 0.3) is 5.89 Å². The molecule has 0 unspecified atom stereocenters. The molecule has 1 aromatic heterocycles. The van der Waals surface area contributed by atoms with E-state index in [4.69, 9.17) is 4.52 Å². The lowest BCUT2D eigenvalue weighted by Gasteiger charge is -2.26. The van der Waals surface area contributed by atoms with Gasteiger partial charge in [-0.25, -0.2) is 0 Å². The second-order valence-electron chi connectivity index (χ2n) is 3.69. The second kappa shape index (κ2) is 3.88. The molecule has 1 saturated heterocycles. The van der Waals surface area contributed by atoms with E-state index in [0.29, 0.717) is 18.0 Å². The van der Waals surface area contributed by atoms with E-state index in [1.807, 2.05) is 0 Å². The number of piperidine rings is 1. The van der Waals surface area contributed by atoms with Gasteiger partial charge in [-0.3, -0.25) is 4.79 Å². The molecular weight excluding hydrogens is 182 g/mol. The average molecular weight is 195 g/mol. The fraction of sp³-hybridized carbons (Fsp3) is 0.667. The van der Waals surface area contributed by atoms with E-state index in [1.54, 1.807) is 0 Å². The molecule has 0 bridgehead atoms. The molecule has 5 nitrogen and oxygen atoms in total. The zero-order valence-electron chi connectivity index (χ0n) is 8.14. The normalized spacial score (nSPS) is 19.8. The Bertz CT molecular complexity index is 316. The average Bonchev–Trinajstić information content (AvgIpc) is 2.67. The molecule has 76 valence electrons. The van der Waals surface area contributed by atoms with Crippen LogP contribution in [0, 0.1) is 0 Å². The maximum Gasteiger partial charge on any atom is 0.290 e. The Morgan fingerprint density at radius 2 is 2.21 bits per heavy atom. The summed E-state index contributed by atoms with van der Waals surface area (Å²) in [4.78, 5) is 16.6. The van der Waals surface area contributed by atoms with Gasteiger partial charge in [0.2, 0.25) is 6.29 Å². The first kappa shape index (κ1) is 9.33. The molecule has 0 amide bonds. The van der Waals surface area contributed by atoms with Crippen LogP contribution in [0.25, 0.3) is 0 Å². The lowest BCUT2D eigenvalue weighted by Crippen LogP contribution is -2.29. The van der Waals surface area contributed by atoms with Gasteiger partial charge in [0.05, 0.1) is 0 Å².